The average molecular weight is 271 g/mol. The van der Waals surface area contributed by atoms with Crippen LogP contribution in [0.25, 0.3) is 0 Å². The summed E-state index contributed by atoms with van der Waals surface area (Å²) in [5, 5.41) is 7.15. The van der Waals surface area contributed by atoms with Crippen molar-refractivity contribution in [3.8, 4) is 0 Å². The van der Waals surface area contributed by atoms with Gasteiger partial charge in [0.1, 0.15) is 0 Å². The van der Waals surface area contributed by atoms with Crippen molar-refractivity contribution in [1.82, 2.24) is 15.1 Å². The first-order valence-electron chi connectivity index (χ1n) is 7.05. The summed E-state index contributed by atoms with van der Waals surface area (Å²) >= 11 is 0. The van der Waals surface area contributed by atoms with E-state index in [0.717, 1.165) is 30.5 Å². The van der Waals surface area contributed by atoms with Crippen LogP contribution in [0, 0.1) is 6.92 Å². The Kier molecular flexibility index (Phi) is 4.93. The number of amides is 1. The number of carbonyl (C=O) groups is 1. The number of aromatic nitrogens is 2. The van der Waals surface area contributed by atoms with E-state index in [1.807, 2.05) is 48.3 Å². The molecule has 0 aliphatic carbocycles. The standard InChI is InChI=1S/C16H21N3O/c1-3-14-5-7-15(8-6-14)16(20)17-9-4-10-19-12-13(2)11-18-19/h5-8,11-12H,3-4,9-10H2,1-2H3,(H,17,20). The van der Waals surface area contributed by atoms with E-state index in [1.54, 1.807) is 0 Å². The Bertz CT molecular complexity index is 557. The van der Waals surface area contributed by atoms with Crippen molar-refractivity contribution >= 4 is 5.91 Å². The lowest BCUT2D eigenvalue weighted by molar-refractivity contribution is 0.0952. The van der Waals surface area contributed by atoms with Gasteiger partial charge in [0.2, 0.25) is 0 Å². The molecule has 1 aromatic heterocycles. The molecule has 0 radical (unpaired) electrons. The first-order valence-corrected chi connectivity index (χ1v) is 7.05. The predicted molar refractivity (Wildman–Crippen MR) is 79.7 cm³/mol. The quantitative estimate of drug-likeness (QED) is 0.821. The molecule has 0 aliphatic heterocycles. The maximum absolute atomic E-state index is 11.9. The van der Waals surface area contributed by atoms with Gasteiger partial charge in [0, 0.05) is 24.8 Å². The number of hydrogen-bond acceptors (Lipinski definition) is 2. The highest BCUT2D eigenvalue weighted by Crippen LogP contribution is 2.05. The predicted octanol–water partition coefficient (Wildman–Crippen LogP) is 2.57. The summed E-state index contributed by atoms with van der Waals surface area (Å²) in [7, 11) is 0. The highest BCUT2D eigenvalue weighted by atomic mass is 16.1. The Balaban J connectivity index is 1.74. The third kappa shape index (κ3) is 3.95. The normalized spacial score (nSPS) is 10.5. The van der Waals surface area contributed by atoms with Crippen LogP contribution < -0.4 is 5.32 Å². The minimum Gasteiger partial charge on any atom is -0.352 e. The third-order valence-electron chi connectivity index (χ3n) is 3.24. The smallest absolute Gasteiger partial charge is 0.251 e. The molecule has 1 N–H and O–H groups in total. The molecule has 0 bridgehead atoms. The van der Waals surface area contributed by atoms with Crippen molar-refractivity contribution in [2.24, 2.45) is 0 Å². The Hall–Kier alpha value is -2.10. The van der Waals surface area contributed by atoms with Gasteiger partial charge in [-0.1, -0.05) is 19.1 Å². The Morgan fingerprint density at radius 1 is 1.30 bits per heavy atom. The van der Waals surface area contributed by atoms with Crippen LogP contribution in [0.3, 0.4) is 0 Å². The van der Waals surface area contributed by atoms with Gasteiger partial charge in [0.25, 0.3) is 5.91 Å². The minimum absolute atomic E-state index is 0.00991. The highest BCUT2D eigenvalue weighted by Gasteiger charge is 2.04. The van der Waals surface area contributed by atoms with Crippen molar-refractivity contribution in [2.45, 2.75) is 33.2 Å². The largest absolute Gasteiger partial charge is 0.352 e. The lowest BCUT2D eigenvalue weighted by atomic mass is 10.1. The molecule has 1 amide bonds. The molecule has 0 aliphatic rings. The van der Waals surface area contributed by atoms with Crippen LogP contribution in [0.15, 0.2) is 36.7 Å². The molecule has 0 saturated heterocycles. The van der Waals surface area contributed by atoms with Gasteiger partial charge in [-0.2, -0.15) is 5.10 Å². The summed E-state index contributed by atoms with van der Waals surface area (Å²) in [4.78, 5) is 11.9. The second kappa shape index (κ2) is 6.89. The van der Waals surface area contributed by atoms with Crippen LogP contribution in [0.1, 0.15) is 34.8 Å². The number of benzene rings is 1. The zero-order valence-corrected chi connectivity index (χ0v) is 12.1. The minimum atomic E-state index is -0.00991. The number of nitrogens with one attached hydrogen (secondary N) is 1. The fourth-order valence-corrected chi connectivity index (χ4v) is 2.03. The second-order valence-corrected chi connectivity index (χ2v) is 4.94. The first kappa shape index (κ1) is 14.3. The highest BCUT2D eigenvalue weighted by molar-refractivity contribution is 5.94. The van der Waals surface area contributed by atoms with Gasteiger partial charge in [0.15, 0.2) is 0 Å². The van der Waals surface area contributed by atoms with E-state index in [2.05, 4.69) is 17.3 Å². The van der Waals surface area contributed by atoms with Crippen LogP contribution in [0.2, 0.25) is 0 Å². The first-order chi connectivity index (χ1) is 9.69. The second-order valence-electron chi connectivity index (χ2n) is 4.94. The molecule has 2 aromatic rings. The topological polar surface area (TPSA) is 46.9 Å². The molecule has 2 rings (SSSR count). The molecule has 0 spiro atoms. The maximum atomic E-state index is 11.9. The number of hydrogen-bond donors (Lipinski definition) is 1. The molecule has 0 atom stereocenters. The van der Waals surface area contributed by atoms with Gasteiger partial charge in [0.05, 0.1) is 6.20 Å². The summed E-state index contributed by atoms with van der Waals surface area (Å²) in [6, 6.07) is 7.76. The molecule has 0 saturated carbocycles. The van der Waals surface area contributed by atoms with Gasteiger partial charge in [-0.3, -0.25) is 9.48 Å². The van der Waals surface area contributed by atoms with Crippen molar-refractivity contribution in [3.05, 3.63) is 53.3 Å². The van der Waals surface area contributed by atoms with Crippen molar-refractivity contribution in [2.75, 3.05) is 6.54 Å². The van der Waals surface area contributed by atoms with Crippen molar-refractivity contribution in [1.29, 1.82) is 0 Å². The number of rotatable bonds is 6. The van der Waals surface area contributed by atoms with Gasteiger partial charge in [-0.05, 0) is 43.0 Å². The summed E-state index contributed by atoms with van der Waals surface area (Å²) < 4.78 is 1.90. The Morgan fingerprint density at radius 3 is 2.65 bits per heavy atom. The van der Waals surface area contributed by atoms with Gasteiger partial charge in [-0.25, -0.2) is 0 Å². The summed E-state index contributed by atoms with van der Waals surface area (Å²) in [5.74, 6) is -0.00991. The zero-order chi connectivity index (χ0) is 14.4. The Labute approximate surface area is 119 Å². The van der Waals surface area contributed by atoms with Crippen LogP contribution in [-0.4, -0.2) is 22.2 Å². The molecule has 0 unspecified atom stereocenters. The van der Waals surface area contributed by atoms with Gasteiger partial charge in [-0.15, -0.1) is 0 Å². The van der Waals surface area contributed by atoms with Crippen LogP contribution in [-0.2, 0) is 13.0 Å². The Morgan fingerprint density at radius 2 is 2.05 bits per heavy atom. The molecule has 1 heterocycles. The van der Waals surface area contributed by atoms with E-state index in [-0.39, 0.29) is 5.91 Å². The number of aryl methyl sites for hydroxylation is 3. The van der Waals surface area contributed by atoms with E-state index in [9.17, 15) is 4.79 Å². The zero-order valence-electron chi connectivity index (χ0n) is 12.1. The fourth-order valence-electron chi connectivity index (χ4n) is 2.03. The van der Waals surface area contributed by atoms with Crippen molar-refractivity contribution < 1.29 is 4.79 Å². The van der Waals surface area contributed by atoms with E-state index >= 15 is 0 Å². The van der Waals surface area contributed by atoms with Gasteiger partial charge < -0.3 is 5.32 Å². The SMILES string of the molecule is CCc1ccc(C(=O)NCCCn2cc(C)cn2)cc1. The summed E-state index contributed by atoms with van der Waals surface area (Å²) in [6.45, 7) is 5.60. The van der Waals surface area contributed by atoms with E-state index in [1.165, 1.54) is 5.56 Å². The van der Waals surface area contributed by atoms with E-state index < -0.39 is 0 Å². The third-order valence-corrected chi connectivity index (χ3v) is 3.24. The molecule has 1 aromatic carbocycles. The molecule has 4 heteroatoms. The fraction of sp³-hybridized carbons (Fsp3) is 0.375. The summed E-state index contributed by atoms with van der Waals surface area (Å²) in [5.41, 5.74) is 3.12. The molecule has 106 valence electrons. The number of carbonyl (C=O) groups excluding carboxylic acids is 1. The molecular formula is C16H21N3O. The van der Waals surface area contributed by atoms with E-state index in [0.29, 0.717) is 6.54 Å². The molecule has 20 heavy (non-hydrogen) atoms. The monoisotopic (exact) mass is 271 g/mol. The summed E-state index contributed by atoms with van der Waals surface area (Å²) in [6.07, 6.45) is 5.71. The van der Waals surface area contributed by atoms with Crippen LogP contribution in [0.4, 0.5) is 0 Å². The molecule has 0 fully saturated rings. The maximum Gasteiger partial charge on any atom is 0.251 e. The van der Waals surface area contributed by atoms with Crippen LogP contribution >= 0.6 is 0 Å². The number of nitrogens with zero attached hydrogens (tertiary/aromatic N) is 2. The van der Waals surface area contributed by atoms with Gasteiger partial charge >= 0.3 is 0 Å². The van der Waals surface area contributed by atoms with Crippen molar-refractivity contribution in [3.63, 3.8) is 0 Å². The molecular weight excluding hydrogens is 250 g/mol. The average Bonchev–Trinajstić information content (AvgIpc) is 2.89. The lowest BCUT2D eigenvalue weighted by Gasteiger charge is -2.06. The lowest BCUT2D eigenvalue weighted by Crippen LogP contribution is -2.25. The van der Waals surface area contributed by atoms with Crippen LogP contribution in [0.5, 0.6) is 0 Å². The molecule has 4 nitrogen and oxygen atoms in total. The van der Waals surface area contributed by atoms with E-state index in [4.69, 9.17) is 0 Å².